The lowest BCUT2D eigenvalue weighted by atomic mass is 9.99. The number of piperidine rings is 1. The molecule has 1 aliphatic rings. The topological polar surface area (TPSA) is 79.4 Å². The van der Waals surface area contributed by atoms with E-state index in [4.69, 9.17) is 0 Å². The number of thiophene rings is 1. The van der Waals surface area contributed by atoms with Crippen molar-refractivity contribution in [1.82, 2.24) is 9.29 Å². The molecule has 0 aliphatic carbocycles. The van der Waals surface area contributed by atoms with Crippen LogP contribution in [0.1, 0.15) is 18.4 Å². The lowest BCUT2D eigenvalue weighted by Gasteiger charge is -2.30. The molecule has 1 aliphatic heterocycles. The van der Waals surface area contributed by atoms with Gasteiger partial charge in [-0.15, -0.1) is 11.3 Å². The van der Waals surface area contributed by atoms with Crippen LogP contribution in [0.4, 0.5) is 5.13 Å². The van der Waals surface area contributed by atoms with Gasteiger partial charge in [0.25, 0.3) is 10.0 Å². The second-order valence-corrected chi connectivity index (χ2v) is 12.4. The Kier molecular flexibility index (Phi) is 5.58. The van der Waals surface area contributed by atoms with Crippen molar-refractivity contribution in [2.24, 2.45) is 5.92 Å². The largest absolute Gasteiger partial charge is 0.302 e. The summed E-state index contributed by atoms with van der Waals surface area (Å²) in [6.07, 6.45) is 1.32. The predicted molar refractivity (Wildman–Crippen MR) is 116 cm³/mol. The summed E-state index contributed by atoms with van der Waals surface area (Å²) in [6.45, 7) is 2.64. The summed E-state index contributed by atoms with van der Waals surface area (Å²) >= 11 is 5.92. The Labute approximate surface area is 179 Å². The van der Waals surface area contributed by atoms with Gasteiger partial charge in [0.1, 0.15) is 4.21 Å². The molecular formula is C18H18BrN3O3S3. The fourth-order valence-electron chi connectivity index (χ4n) is 3.23. The van der Waals surface area contributed by atoms with Gasteiger partial charge in [0.15, 0.2) is 5.13 Å². The first-order valence-corrected chi connectivity index (χ1v) is 12.6. The lowest BCUT2D eigenvalue weighted by molar-refractivity contribution is -0.120. The highest BCUT2D eigenvalue weighted by Gasteiger charge is 2.34. The van der Waals surface area contributed by atoms with Gasteiger partial charge in [0.05, 0.1) is 19.9 Å². The second kappa shape index (κ2) is 7.83. The average molecular weight is 500 g/mol. The summed E-state index contributed by atoms with van der Waals surface area (Å²) < 4.78 is 29.2. The van der Waals surface area contributed by atoms with Crippen LogP contribution in [0.25, 0.3) is 10.2 Å². The monoisotopic (exact) mass is 499 g/mol. The van der Waals surface area contributed by atoms with E-state index >= 15 is 0 Å². The Morgan fingerprint density at radius 2 is 2.11 bits per heavy atom. The highest BCUT2D eigenvalue weighted by Crippen LogP contribution is 2.32. The van der Waals surface area contributed by atoms with Crippen LogP contribution in [0, 0.1) is 12.8 Å². The number of sulfonamides is 1. The number of thiazole rings is 1. The van der Waals surface area contributed by atoms with Gasteiger partial charge in [0, 0.05) is 13.1 Å². The van der Waals surface area contributed by atoms with E-state index < -0.39 is 10.0 Å². The number of aryl methyl sites for hydroxylation is 1. The highest BCUT2D eigenvalue weighted by atomic mass is 79.9. The number of nitrogens with zero attached hydrogens (tertiary/aromatic N) is 2. The molecule has 0 saturated carbocycles. The van der Waals surface area contributed by atoms with E-state index in [0.29, 0.717) is 28.7 Å². The first-order valence-electron chi connectivity index (χ1n) is 8.76. The Morgan fingerprint density at radius 1 is 1.29 bits per heavy atom. The molecule has 1 fully saturated rings. The van der Waals surface area contributed by atoms with E-state index in [1.54, 1.807) is 12.1 Å². The summed E-state index contributed by atoms with van der Waals surface area (Å²) in [6, 6.07) is 9.28. The van der Waals surface area contributed by atoms with Crippen LogP contribution in [0.15, 0.2) is 38.3 Å². The molecule has 10 heteroatoms. The second-order valence-electron chi connectivity index (χ2n) is 6.74. The maximum atomic E-state index is 12.8. The maximum absolute atomic E-state index is 12.8. The number of amides is 1. The minimum absolute atomic E-state index is 0.178. The molecule has 28 heavy (non-hydrogen) atoms. The van der Waals surface area contributed by atoms with Gasteiger partial charge in [-0.2, -0.15) is 4.31 Å². The van der Waals surface area contributed by atoms with Gasteiger partial charge in [-0.1, -0.05) is 17.4 Å². The van der Waals surface area contributed by atoms with Crippen molar-refractivity contribution in [2.75, 3.05) is 18.4 Å². The summed E-state index contributed by atoms with van der Waals surface area (Å²) in [5.74, 6) is -0.566. The normalized spacial score (nSPS) is 18.4. The van der Waals surface area contributed by atoms with Crippen LogP contribution in [0.5, 0.6) is 0 Å². The van der Waals surface area contributed by atoms with Crippen molar-refractivity contribution < 1.29 is 13.2 Å². The third-order valence-electron chi connectivity index (χ3n) is 4.67. The number of benzene rings is 1. The van der Waals surface area contributed by atoms with E-state index in [1.165, 1.54) is 27.0 Å². The van der Waals surface area contributed by atoms with Crippen molar-refractivity contribution in [1.29, 1.82) is 0 Å². The molecule has 1 unspecified atom stereocenters. The number of fused-ring (bicyclic) bond motifs is 1. The summed E-state index contributed by atoms with van der Waals surface area (Å²) in [5.41, 5.74) is 1.99. The highest BCUT2D eigenvalue weighted by molar-refractivity contribution is 9.11. The number of nitrogens with one attached hydrogen (secondary N) is 1. The van der Waals surface area contributed by atoms with Crippen LogP contribution in [-0.4, -0.2) is 36.7 Å². The van der Waals surface area contributed by atoms with Crippen molar-refractivity contribution >= 4 is 69.9 Å². The Morgan fingerprint density at radius 3 is 2.86 bits per heavy atom. The molecule has 0 radical (unpaired) electrons. The average Bonchev–Trinajstić information content (AvgIpc) is 3.27. The van der Waals surface area contributed by atoms with Crippen molar-refractivity contribution in [3.8, 4) is 0 Å². The minimum Gasteiger partial charge on any atom is -0.302 e. The summed E-state index contributed by atoms with van der Waals surface area (Å²) in [5, 5.41) is 3.43. The van der Waals surface area contributed by atoms with Crippen LogP contribution in [0.3, 0.4) is 0 Å². The fraction of sp³-hybridized carbons (Fsp3) is 0.333. The molecule has 2 aromatic heterocycles. The molecule has 0 spiro atoms. The number of rotatable bonds is 4. The molecule has 1 amide bonds. The molecule has 3 aromatic rings. The van der Waals surface area contributed by atoms with E-state index in [0.717, 1.165) is 19.6 Å². The van der Waals surface area contributed by atoms with Gasteiger partial charge < -0.3 is 5.32 Å². The summed E-state index contributed by atoms with van der Waals surface area (Å²) in [7, 11) is -3.58. The number of anilines is 1. The van der Waals surface area contributed by atoms with E-state index in [9.17, 15) is 13.2 Å². The molecule has 1 atom stereocenters. The SMILES string of the molecule is Cc1ccc2nc(NC(=O)C3CCCN(S(=O)(=O)c4ccc(Br)s4)C3)sc2c1. The van der Waals surface area contributed by atoms with Crippen molar-refractivity contribution in [3.63, 3.8) is 0 Å². The van der Waals surface area contributed by atoms with E-state index in [2.05, 4.69) is 26.2 Å². The first kappa shape index (κ1) is 20.0. The quantitative estimate of drug-likeness (QED) is 0.574. The molecule has 0 bridgehead atoms. The molecule has 4 rings (SSSR count). The van der Waals surface area contributed by atoms with Crippen LogP contribution >= 0.6 is 38.6 Å². The molecular weight excluding hydrogens is 482 g/mol. The number of hydrogen-bond donors (Lipinski definition) is 1. The number of aromatic nitrogens is 1. The molecule has 3 heterocycles. The van der Waals surface area contributed by atoms with Gasteiger partial charge >= 0.3 is 0 Å². The minimum atomic E-state index is -3.58. The van der Waals surface area contributed by atoms with Crippen molar-refractivity contribution in [2.45, 2.75) is 24.0 Å². The molecule has 6 nitrogen and oxygen atoms in total. The maximum Gasteiger partial charge on any atom is 0.252 e. The first-order chi connectivity index (χ1) is 13.3. The van der Waals surface area contributed by atoms with E-state index in [-0.39, 0.29) is 18.4 Å². The van der Waals surface area contributed by atoms with Gasteiger partial charge in [-0.25, -0.2) is 13.4 Å². The molecule has 1 N–H and O–H groups in total. The smallest absolute Gasteiger partial charge is 0.252 e. The zero-order chi connectivity index (χ0) is 19.9. The zero-order valence-electron chi connectivity index (χ0n) is 15.0. The fourth-order valence-corrected chi connectivity index (χ4v) is 7.89. The number of hydrogen-bond acceptors (Lipinski definition) is 6. The van der Waals surface area contributed by atoms with Crippen molar-refractivity contribution in [3.05, 3.63) is 39.7 Å². The number of carbonyl (C=O) groups excluding carboxylic acids is 1. The third kappa shape index (κ3) is 4.02. The van der Waals surface area contributed by atoms with Gasteiger partial charge in [-0.3, -0.25) is 4.79 Å². The standard InChI is InChI=1S/C18H18BrN3O3S3/c1-11-4-5-13-14(9-11)26-18(20-13)21-17(23)12-3-2-8-22(10-12)28(24,25)16-7-6-15(19)27-16/h4-7,9,12H,2-3,8,10H2,1H3,(H,20,21,23). The van der Waals surface area contributed by atoms with Gasteiger partial charge in [-0.05, 0) is 65.5 Å². The van der Waals surface area contributed by atoms with E-state index in [1.807, 2.05) is 25.1 Å². The van der Waals surface area contributed by atoms with Crippen LogP contribution in [0.2, 0.25) is 0 Å². The molecule has 1 aromatic carbocycles. The number of carbonyl (C=O) groups is 1. The Hall–Kier alpha value is -1.33. The van der Waals surface area contributed by atoms with Crippen LogP contribution < -0.4 is 5.32 Å². The lowest BCUT2D eigenvalue weighted by Crippen LogP contribution is -2.43. The third-order valence-corrected chi connectivity index (χ3v) is 9.56. The zero-order valence-corrected chi connectivity index (χ0v) is 19.0. The molecule has 148 valence electrons. The predicted octanol–water partition coefficient (Wildman–Crippen LogP) is 4.47. The Balaban J connectivity index is 1.48. The summed E-state index contributed by atoms with van der Waals surface area (Å²) in [4.78, 5) is 17.2. The molecule has 1 saturated heterocycles. The van der Waals surface area contributed by atoms with Crippen LogP contribution in [-0.2, 0) is 14.8 Å². The van der Waals surface area contributed by atoms with Gasteiger partial charge in [0.2, 0.25) is 5.91 Å². The number of halogens is 1. The Bertz CT molecular complexity index is 1140.